The van der Waals surface area contributed by atoms with Gasteiger partial charge in [-0.1, -0.05) is 48.9 Å². The van der Waals surface area contributed by atoms with E-state index in [1.165, 1.54) is 5.56 Å². The molecule has 2 amide bonds. The Morgan fingerprint density at radius 2 is 1.93 bits per heavy atom. The third kappa shape index (κ3) is 6.19. The van der Waals surface area contributed by atoms with Crippen molar-refractivity contribution in [1.82, 2.24) is 10.4 Å². The van der Waals surface area contributed by atoms with Crippen LogP contribution in [0.4, 0.5) is 10.5 Å². The van der Waals surface area contributed by atoms with Crippen LogP contribution in [0, 0.1) is 0 Å². The second-order valence-corrected chi connectivity index (χ2v) is 7.79. The molecule has 0 bridgehead atoms. The number of anilines is 1. The molecule has 0 unspecified atom stereocenters. The fourth-order valence-electron chi connectivity index (χ4n) is 3.41. The van der Waals surface area contributed by atoms with Crippen molar-refractivity contribution in [1.29, 1.82) is 0 Å². The summed E-state index contributed by atoms with van der Waals surface area (Å²) in [7, 11) is 0. The number of hydrogen-bond acceptors (Lipinski definition) is 5. The van der Waals surface area contributed by atoms with E-state index in [1.807, 2.05) is 42.5 Å². The average Bonchev–Trinajstić information content (AvgIpc) is 3.07. The summed E-state index contributed by atoms with van der Waals surface area (Å²) in [6.45, 7) is 2.68. The lowest BCUT2D eigenvalue weighted by molar-refractivity contribution is -0.126. The molecule has 2 aromatic rings. The molecule has 2 atom stereocenters. The predicted molar refractivity (Wildman–Crippen MR) is 117 cm³/mol. The number of rotatable bonds is 7. The number of ether oxygens (including phenoxy) is 1. The van der Waals surface area contributed by atoms with Crippen molar-refractivity contribution in [2.45, 2.75) is 38.3 Å². The maximum Gasteiger partial charge on any atom is 0.411 e. The minimum atomic E-state index is -0.540. The van der Waals surface area contributed by atoms with E-state index in [-0.39, 0.29) is 31.0 Å². The fraction of sp³-hybridized carbons (Fsp3) is 0.364. The van der Waals surface area contributed by atoms with Gasteiger partial charge in [0.05, 0.1) is 12.5 Å². The summed E-state index contributed by atoms with van der Waals surface area (Å²) in [5.74, 6) is -0.192. The number of hydrazine groups is 1. The minimum Gasteiger partial charge on any atom is -0.448 e. The first-order valence-corrected chi connectivity index (χ1v) is 10.4. The molecule has 160 valence electrons. The molecule has 7 nitrogen and oxygen atoms in total. The zero-order chi connectivity index (χ0) is 21.5. The third-order valence-corrected chi connectivity index (χ3v) is 5.41. The van der Waals surface area contributed by atoms with Gasteiger partial charge in [0.2, 0.25) is 5.91 Å². The minimum absolute atomic E-state index is 0.108. The number of carbonyl (C=O) groups is 2. The highest BCUT2D eigenvalue weighted by molar-refractivity contribution is 6.31. The van der Waals surface area contributed by atoms with Crippen molar-refractivity contribution in [3.8, 4) is 0 Å². The molecule has 0 saturated carbocycles. The van der Waals surface area contributed by atoms with Gasteiger partial charge in [0.15, 0.2) is 0 Å². The molecule has 0 spiro atoms. The number of nitrogens with zero attached hydrogens (tertiary/aromatic N) is 1. The van der Waals surface area contributed by atoms with E-state index in [1.54, 1.807) is 11.1 Å². The van der Waals surface area contributed by atoms with E-state index in [2.05, 4.69) is 17.7 Å². The van der Waals surface area contributed by atoms with Gasteiger partial charge in [0, 0.05) is 23.3 Å². The molecule has 3 rings (SSSR count). The molecule has 1 aliphatic rings. The van der Waals surface area contributed by atoms with Crippen LogP contribution in [-0.4, -0.2) is 42.2 Å². The third-order valence-electron chi connectivity index (χ3n) is 5.04. The molecule has 1 fully saturated rings. The molecular weight excluding hydrogens is 404 g/mol. The van der Waals surface area contributed by atoms with Gasteiger partial charge in [-0.15, -0.1) is 0 Å². The van der Waals surface area contributed by atoms with Gasteiger partial charge in [-0.05, 0) is 42.2 Å². The summed E-state index contributed by atoms with van der Waals surface area (Å²) in [5, 5.41) is 5.00. The van der Waals surface area contributed by atoms with Crippen LogP contribution >= 0.6 is 11.6 Å². The molecule has 0 aliphatic carbocycles. The summed E-state index contributed by atoms with van der Waals surface area (Å²) in [5.41, 5.74) is 11.5. The topological polar surface area (TPSA) is 96.7 Å². The number of benzene rings is 2. The Morgan fingerprint density at radius 3 is 2.63 bits per heavy atom. The largest absolute Gasteiger partial charge is 0.448 e. The summed E-state index contributed by atoms with van der Waals surface area (Å²) in [4.78, 5) is 24.6. The highest BCUT2D eigenvalue weighted by Gasteiger charge is 2.32. The monoisotopic (exact) mass is 430 g/mol. The van der Waals surface area contributed by atoms with Gasteiger partial charge in [-0.25, -0.2) is 9.80 Å². The molecule has 0 radical (unpaired) electrons. The van der Waals surface area contributed by atoms with E-state index in [4.69, 9.17) is 22.1 Å². The van der Waals surface area contributed by atoms with Gasteiger partial charge in [-0.3, -0.25) is 15.5 Å². The van der Waals surface area contributed by atoms with Crippen molar-refractivity contribution in [3.05, 3.63) is 64.7 Å². The van der Waals surface area contributed by atoms with Crippen molar-refractivity contribution in [2.24, 2.45) is 5.73 Å². The first kappa shape index (κ1) is 22.1. The van der Waals surface area contributed by atoms with Crippen LogP contribution in [0.5, 0.6) is 0 Å². The van der Waals surface area contributed by atoms with Crippen LogP contribution in [-0.2, 0) is 22.4 Å². The van der Waals surface area contributed by atoms with Gasteiger partial charge in [-0.2, -0.15) is 0 Å². The Bertz CT molecular complexity index is 875. The normalized spacial score (nSPS) is 18.8. The summed E-state index contributed by atoms with van der Waals surface area (Å²) in [6.07, 6.45) is 1.17. The van der Waals surface area contributed by atoms with Crippen molar-refractivity contribution < 1.29 is 14.3 Å². The maximum atomic E-state index is 12.4. The van der Waals surface area contributed by atoms with Crippen molar-refractivity contribution in [2.75, 3.05) is 18.5 Å². The average molecular weight is 431 g/mol. The lowest BCUT2D eigenvalue weighted by atomic mass is 10.1. The van der Waals surface area contributed by atoms with Gasteiger partial charge >= 0.3 is 6.09 Å². The first-order valence-electron chi connectivity index (χ1n) is 10.0. The Balaban J connectivity index is 1.49. The van der Waals surface area contributed by atoms with Gasteiger partial charge < -0.3 is 10.5 Å². The Morgan fingerprint density at radius 1 is 1.20 bits per heavy atom. The smallest absolute Gasteiger partial charge is 0.411 e. The lowest BCUT2D eigenvalue weighted by Crippen LogP contribution is -2.48. The van der Waals surface area contributed by atoms with E-state index in [9.17, 15) is 9.59 Å². The predicted octanol–water partition coefficient (Wildman–Crippen LogP) is 3.13. The van der Waals surface area contributed by atoms with Crippen LogP contribution in [0.2, 0.25) is 5.02 Å². The molecule has 1 aliphatic heterocycles. The molecule has 4 N–H and O–H groups in total. The summed E-state index contributed by atoms with van der Waals surface area (Å²) >= 11 is 6.13. The second-order valence-electron chi connectivity index (χ2n) is 7.38. The van der Waals surface area contributed by atoms with E-state index >= 15 is 0 Å². The Kier molecular flexibility index (Phi) is 7.68. The molecule has 30 heavy (non-hydrogen) atoms. The summed E-state index contributed by atoms with van der Waals surface area (Å²) < 4.78 is 5.36. The van der Waals surface area contributed by atoms with Crippen LogP contribution in [0.15, 0.2) is 48.5 Å². The van der Waals surface area contributed by atoms with Gasteiger partial charge in [0.25, 0.3) is 0 Å². The molecule has 1 heterocycles. The second kappa shape index (κ2) is 10.4. The molecular formula is C22H27ClN4O3. The van der Waals surface area contributed by atoms with Crippen molar-refractivity contribution in [3.63, 3.8) is 0 Å². The first-order chi connectivity index (χ1) is 14.4. The van der Waals surface area contributed by atoms with Crippen molar-refractivity contribution >= 4 is 29.3 Å². The molecule has 8 heteroatoms. The van der Waals surface area contributed by atoms with Gasteiger partial charge in [0.1, 0.15) is 6.61 Å². The molecule has 1 saturated heterocycles. The molecule has 0 aromatic heterocycles. The highest BCUT2D eigenvalue weighted by atomic mass is 35.5. The van der Waals surface area contributed by atoms with Crippen LogP contribution < -0.4 is 16.5 Å². The van der Waals surface area contributed by atoms with E-state index in [0.717, 1.165) is 12.0 Å². The quantitative estimate of drug-likeness (QED) is 0.627. The number of carbonyl (C=O) groups excluding carboxylic acids is 2. The number of nitrogens with two attached hydrogens (primary N) is 1. The highest BCUT2D eigenvalue weighted by Crippen LogP contribution is 2.18. The molecule has 2 aromatic carbocycles. The standard InChI is InChI=1S/C22H27ClN4O3/c1-2-15-7-9-18(10-8-15)25-22(29)30-14-19-12-17(24)13-27(19)26-21(28)11-16-5-3-4-6-20(16)23/h3-10,17,19H,2,11-14,24H2,1H3,(H,25,29)(H,26,28)/t17-,19+/m1/s1. The number of halogens is 1. The number of hydrogen-bond donors (Lipinski definition) is 3. The van der Waals surface area contributed by atoms with Crippen LogP contribution in [0.25, 0.3) is 0 Å². The Labute approximate surface area is 181 Å². The fourth-order valence-corrected chi connectivity index (χ4v) is 3.61. The number of amides is 2. The lowest BCUT2D eigenvalue weighted by Gasteiger charge is -2.24. The van der Waals surface area contributed by atoms with E-state index < -0.39 is 6.09 Å². The number of nitrogens with one attached hydrogen (secondary N) is 2. The maximum absolute atomic E-state index is 12.4. The van der Waals surface area contributed by atoms with Crippen LogP contribution in [0.3, 0.4) is 0 Å². The Hall–Kier alpha value is -2.61. The summed E-state index contributed by atoms with van der Waals surface area (Å²) in [6, 6.07) is 14.5. The SMILES string of the molecule is CCc1ccc(NC(=O)OC[C@@H]2C[C@@H](N)CN2NC(=O)Cc2ccccc2Cl)cc1. The zero-order valence-electron chi connectivity index (χ0n) is 16.9. The number of aryl methyl sites for hydroxylation is 1. The zero-order valence-corrected chi connectivity index (χ0v) is 17.7. The van der Waals surface area contributed by atoms with Crippen LogP contribution in [0.1, 0.15) is 24.5 Å². The van der Waals surface area contributed by atoms with E-state index in [0.29, 0.717) is 23.7 Å².